The number of halogens is 1. The highest BCUT2D eigenvalue weighted by atomic mass is 35.5. The van der Waals surface area contributed by atoms with Crippen LogP contribution in [0.4, 0.5) is 0 Å². The van der Waals surface area contributed by atoms with E-state index in [4.69, 9.17) is 11.6 Å². The lowest BCUT2D eigenvalue weighted by Crippen LogP contribution is -2.48. The van der Waals surface area contributed by atoms with Crippen LogP contribution >= 0.6 is 11.6 Å². The van der Waals surface area contributed by atoms with Crippen molar-refractivity contribution in [1.82, 2.24) is 19.0 Å². The first kappa shape index (κ1) is 17.4. The summed E-state index contributed by atoms with van der Waals surface area (Å²) >= 11 is 6.20. The molecule has 2 aromatic rings. The van der Waals surface area contributed by atoms with E-state index in [-0.39, 0.29) is 0 Å². The summed E-state index contributed by atoms with van der Waals surface area (Å²) in [5.74, 6) is 0. The summed E-state index contributed by atoms with van der Waals surface area (Å²) in [5.41, 5.74) is 1.73. The number of nitrogens with zero attached hydrogens (tertiary/aromatic N) is 4. The summed E-state index contributed by atoms with van der Waals surface area (Å²) in [6.45, 7) is 4.82. The Hall–Kier alpha value is -1.41. The Morgan fingerprint density at radius 1 is 1.17 bits per heavy atom. The highest BCUT2D eigenvalue weighted by molar-refractivity contribution is 7.89. The second kappa shape index (κ2) is 6.84. The van der Waals surface area contributed by atoms with Crippen LogP contribution in [0.15, 0.2) is 35.4 Å². The average molecular weight is 369 g/mol. The maximum Gasteiger partial charge on any atom is 0.246 e. The van der Waals surface area contributed by atoms with Crippen LogP contribution in [0.2, 0.25) is 5.02 Å². The molecule has 0 spiro atoms. The quantitative estimate of drug-likeness (QED) is 0.826. The fourth-order valence-electron chi connectivity index (χ4n) is 2.87. The minimum Gasteiger partial charge on any atom is -0.296 e. The number of aromatic nitrogens is 2. The van der Waals surface area contributed by atoms with Gasteiger partial charge in [0.15, 0.2) is 0 Å². The molecule has 8 heteroatoms. The van der Waals surface area contributed by atoms with Crippen LogP contribution in [0, 0.1) is 6.92 Å². The topological polar surface area (TPSA) is 58.4 Å². The predicted octanol–water partition coefficient (Wildman–Crippen LogP) is 1.89. The Morgan fingerprint density at radius 2 is 1.83 bits per heavy atom. The molecule has 1 aromatic heterocycles. The Balaban J connectivity index is 1.67. The molecule has 0 amide bonds. The van der Waals surface area contributed by atoms with E-state index in [2.05, 4.69) is 10.00 Å². The molecule has 0 unspecified atom stereocenters. The lowest BCUT2D eigenvalue weighted by atomic mass is 10.2. The van der Waals surface area contributed by atoms with Gasteiger partial charge in [-0.25, -0.2) is 8.42 Å². The molecule has 1 saturated heterocycles. The minimum absolute atomic E-state index is 0.296. The number of aryl methyl sites for hydroxylation is 1. The monoisotopic (exact) mass is 368 g/mol. The van der Waals surface area contributed by atoms with E-state index < -0.39 is 10.0 Å². The van der Waals surface area contributed by atoms with E-state index in [1.165, 1.54) is 6.20 Å². The molecule has 24 heavy (non-hydrogen) atoms. The van der Waals surface area contributed by atoms with Gasteiger partial charge in [-0.1, -0.05) is 29.8 Å². The second-order valence-corrected chi connectivity index (χ2v) is 8.30. The van der Waals surface area contributed by atoms with Crippen LogP contribution in [-0.4, -0.2) is 53.6 Å². The van der Waals surface area contributed by atoms with Crippen molar-refractivity contribution in [2.45, 2.75) is 18.4 Å². The maximum absolute atomic E-state index is 12.8. The number of benzene rings is 1. The first-order valence-corrected chi connectivity index (χ1v) is 9.66. The molecule has 0 N–H and O–H groups in total. The summed E-state index contributed by atoms with van der Waals surface area (Å²) in [4.78, 5) is 2.52. The molecule has 0 radical (unpaired) electrons. The van der Waals surface area contributed by atoms with Crippen LogP contribution in [0.1, 0.15) is 11.3 Å². The van der Waals surface area contributed by atoms with E-state index >= 15 is 0 Å². The van der Waals surface area contributed by atoms with Crippen molar-refractivity contribution in [3.8, 4) is 0 Å². The number of rotatable bonds is 4. The van der Waals surface area contributed by atoms with Crippen molar-refractivity contribution < 1.29 is 8.42 Å². The zero-order valence-corrected chi connectivity index (χ0v) is 15.4. The van der Waals surface area contributed by atoms with Crippen molar-refractivity contribution in [3.05, 3.63) is 46.7 Å². The Morgan fingerprint density at radius 3 is 2.42 bits per heavy atom. The van der Waals surface area contributed by atoms with E-state index in [0.717, 1.165) is 17.1 Å². The molecular formula is C16H21ClN4O2S. The largest absolute Gasteiger partial charge is 0.296 e. The van der Waals surface area contributed by atoms with Gasteiger partial charge in [-0.15, -0.1) is 0 Å². The van der Waals surface area contributed by atoms with Gasteiger partial charge in [0.2, 0.25) is 10.0 Å². The van der Waals surface area contributed by atoms with E-state index in [9.17, 15) is 8.42 Å². The maximum atomic E-state index is 12.8. The lowest BCUT2D eigenvalue weighted by molar-refractivity contribution is 0.181. The molecule has 1 fully saturated rings. The third kappa shape index (κ3) is 3.35. The van der Waals surface area contributed by atoms with Gasteiger partial charge in [-0.2, -0.15) is 9.40 Å². The van der Waals surface area contributed by atoms with Gasteiger partial charge in [0, 0.05) is 44.8 Å². The van der Waals surface area contributed by atoms with E-state index in [1.807, 2.05) is 24.3 Å². The van der Waals surface area contributed by atoms with Gasteiger partial charge in [-0.3, -0.25) is 9.58 Å². The van der Waals surface area contributed by atoms with Gasteiger partial charge in [0.25, 0.3) is 0 Å². The fraction of sp³-hybridized carbons (Fsp3) is 0.438. The highest BCUT2D eigenvalue weighted by Crippen LogP contribution is 2.22. The molecule has 1 aliphatic rings. The Kier molecular flexibility index (Phi) is 4.96. The van der Waals surface area contributed by atoms with Crippen molar-refractivity contribution in [3.63, 3.8) is 0 Å². The number of hydrogen-bond acceptors (Lipinski definition) is 4. The minimum atomic E-state index is -3.48. The molecule has 1 aliphatic heterocycles. The molecule has 0 saturated carbocycles. The first-order chi connectivity index (χ1) is 11.4. The van der Waals surface area contributed by atoms with Gasteiger partial charge in [0.1, 0.15) is 4.90 Å². The van der Waals surface area contributed by atoms with Crippen molar-refractivity contribution in [2.75, 3.05) is 26.2 Å². The smallest absolute Gasteiger partial charge is 0.246 e. The molecule has 2 heterocycles. The molecule has 0 aliphatic carbocycles. The standard InChI is InChI=1S/C16H21ClN4O2S/c1-13-16(11-18-19(13)2)24(22,23)21-9-7-20(8-10-21)12-14-5-3-4-6-15(14)17/h3-6,11H,7-10,12H2,1-2H3. The van der Waals surface area contributed by atoms with Crippen LogP contribution in [0.5, 0.6) is 0 Å². The van der Waals surface area contributed by atoms with Gasteiger partial charge >= 0.3 is 0 Å². The van der Waals surface area contributed by atoms with Gasteiger partial charge in [-0.05, 0) is 18.6 Å². The zero-order chi connectivity index (χ0) is 17.3. The SMILES string of the molecule is Cc1c(S(=O)(=O)N2CCN(Cc3ccccc3Cl)CC2)cnn1C. The van der Waals surface area contributed by atoms with Crippen LogP contribution in [0.3, 0.4) is 0 Å². The van der Waals surface area contributed by atoms with Crippen molar-refractivity contribution in [2.24, 2.45) is 7.05 Å². The van der Waals surface area contributed by atoms with Crippen LogP contribution < -0.4 is 0 Å². The third-order valence-corrected chi connectivity index (χ3v) is 6.86. The van der Waals surface area contributed by atoms with E-state index in [0.29, 0.717) is 36.8 Å². The summed E-state index contributed by atoms with van der Waals surface area (Å²) < 4.78 is 28.7. The molecule has 130 valence electrons. The number of hydrogen-bond donors (Lipinski definition) is 0. The molecular weight excluding hydrogens is 348 g/mol. The fourth-order valence-corrected chi connectivity index (χ4v) is 4.67. The summed E-state index contributed by atoms with van der Waals surface area (Å²) in [6, 6.07) is 7.76. The van der Waals surface area contributed by atoms with Gasteiger partial charge < -0.3 is 0 Å². The van der Waals surface area contributed by atoms with Gasteiger partial charge in [0.05, 0.1) is 11.9 Å². The molecule has 6 nitrogen and oxygen atoms in total. The lowest BCUT2D eigenvalue weighted by Gasteiger charge is -2.34. The summed E-state index contributed by atoms with van der Waals surface area (Å²) in [7, 11) is -1.73. The first-order valence-electron chi connectivity index (χ1n) is 7.84. The number of sulfonamides is 1. The Bertz CT molecular complexity index is 826. The van der Waals surface area contributed by atoms with Crippen LogP contribution in [-0.2, 0) is 23.6 Å². The molecule has 1 aromatic carbocycles. The zero-order valence-electron chi connectivity index (χ0n) is 13.8. The normalized spacial score (nSPS) is 17.3. The molecule has 3 rings (SSSR count). The number of piperazine rings is 1. The molecule has 0 bridgehead atoms. The Labute approximate surface area is 147 Å². The second-order valence-electron chi connectivity index (χ2n) is 5.99. The molecule has 0 atom stereocenters. The highest BCUT2D eigenvalue weighted by Gasteiger charge is 2.31. The summed E-state index contributed by atoms with van der Waals surface area (Å²) in [6.07, 6.45) is 1.43. The predicted molar refractivity (Wildman–Crippen MR) is 93.4 cm³/mol. The van der Waals surface area contributed by atoms with Crippen molar-refractivity contribution in [1.29, 1.82) is 0 Å². The average Bonchev–Trinajstić information content (AvgIpc) is 2.90. The summed E-state index contributed by atoms with van der Waals surface area (Å²) in [5, 5.41) is 4.79. The third-order valence-electron chi connectivity index (χ3n) is 4.49. The van der Waals surface area contributed by atoms with Crippen LogP contribution in [0.25, 0.3) is 0 Å². The van der Waals surface area contributed by atoms with Crippen molar-refractivity contribution >= 4 is 21.6 Å². The van der Waals surface area contributed by atoms with E-state index in [1.54, 1.807) is 23.0 Å².